The van der Waals surface area contributed by atoms with Crippen LogP contribution in [0.5, 0.6) is 0 Å². The minimum Gasteiger partial charge on any atom is -0.369 e. The number of benzene rings is 1. The summed E-state index contributed by atoms with van der Waals surface area (Å²) in [6.07, 6.45) is 4.74. The number of carbonyl (C=O) groups excluding carboxylic acids is 1. The van der Waals surface area contributed by atoms with E-state index in [1.54, 1.807) is 6.20 Å². The van der Waals surface area contributed by atoms with Gasteiger partial charge >= 0.3 is 0 Å². The van der Waals surface area contributed by atoms with Gasteiger partial charge < -0.3 is 10.6 Å². The second kappa shape index (κ2) is 8.85. The van der Waals surface area contributed by atoms with E-state index in [0.717, 1.165) is 35.4 Å². The van der Waals surface area contributed by atoms with Gasteiger partial charge in [0, 0.05) is 18.7 Å². The molecule has 0 saturated heterocycles. The molecule has 0 saturated carbocycles. The lowest BCUT2D eigenvalue weighted by atomic mass is 10.1. The summed E-state index contributed by atoms with van der Waals surface area (Å²) in [5.74, 6) is 0.732. The van der Waals surface area contributed by atoms with Crippen molar-refractivity contribution in [3.63, 3.8) is 0 Å². The molecular formula is C19H24N6OS. The maximum absolute atomic E-state index is 12.4. The highest BCUT2D eigenvalue weighted by molar-refractivity contribution is 7.98. The molecule has 2 heterocycles. The van der Waals surface area contributed by atoms with E-state index in [-0.39, 0.29) is 5.91 Å². The second-order valence-corrected chi connectivity index (χ2v) is 6.93. The predicted molar refractivity (Wildman–Crippen MR) is 109 cm³/mol. The summed E-state index contributed by atoms with van der Waals surface area (Å²) >= 11 is 1.50. The molecule has 7 nitrogen and oxygen atoms in total. The molecule has 0 aliphatic carbocycles. The van der Waals surface area contributed by atoms with Gasteiger partial charge in [0.15, 0.2) is 10.8 Å². The summed E-state index contributed by atoms with van der Waals surface area (Å²) in [6.45, 7) is 5.90. The Morgan fingerprint density at radius 1 is 1.22 bits per heavy atom. The monoisotopic (exact) mass is 384 g/mol. The standard InChI is InChI=1S/C19H24N6OS/c1-4-9-20-16-15-12-22-25(17(15)24-19(23-16)27-3)11-10-21-18(26)14-8-6-5-7-13(14)2/h5-8,12H,4,9-11H2,1-3H3,(H,21,26)(H,20,23,24). The molecule has 2 N–H and O–H groups in total. The lowest BCUT2D eigenvalue weighted by Crippen LogP contribution is -2.28. The Hall–Kier alpha value is -2.61. The minimum absolute atomic E-state index is 0.0747. The summed E-state index contributed by atoms with van der Waals surface area (Å²) in [5, 5.41) is 12.3. The Kier molecular flexibility index (Phi) is 6.28. The van der Waals surface area contributed by atoms with Gasteiger partial charge in [-0.1, -0.05) is 36.9 Å². The van der Waals surface area contributed by atoms with Gasteiger partial charge in [0.25, 0.3) is 5.91 Å². The molecule has 3 rings (SSSR count). The van der Waals surface area contributed by atoms with E-state index in [0.29, 0.717) is 23.8 Å². The maximum Gasteiger partial charge on any atom is 0.251 e. The van der Waals surface area contributed by atoms with E-state index in [1.807, 2.05) is 42.1 Å². The van der Waals surface area contributed by atoms with Crippen LogP contribution in [0.4, 0.5) is 5.82 Å². The van der Waals surface area contributed by atoms with Crippen molar-refractivity contribution in [2.75, 3.05) is 24.7 Å². The normalized spacial score (nSPS) is 10.9. The van der Waals surface area contributed by atoms with E-state index in [4.69, 9.17) is 0 Å². The van der Waals surface area contributed by atoms with Gasteiger partial charge in [-0.15, -0.1) is 0 Å². The molecule has 0 unspecified atom stereocenters. The molecule has 0 radical (unpaired) electrons. The molecule has 0 fully saturated rings. The van der Waals surface area contributed by atoms with Crippen molar-refractivity contribution in [3.05, 3.63) is 41.6 Å². The predicted octanol–water partition coefficient (Wildman–Crippen LogP) is 3.11. The van der Waals surface area contributed by atoms with Crippen molar-refractivity contribution in [3.8, 4) is 0 Å². The van der Waals surface area contributed by atoms with Gasteiger partial charge in [-0.05, 0) is 31.2 Å². The number of nitrogens with zero attached hydrogens (tertiary/aromatic N) is 4. The molecule has 1 aromatic carbocycles. The number of hydrogen-bond acceptors (Lipinski definition) is 6. The summed E-state index contributed by atoms with van der Waals surface area (Å²) in [6, 6.07) is 7.56. The Balaban J connectivity index is 1.73. The van der Waals surface area contributed by atoms with Crippen LogP contribution in [0.2, 0.25) is 0 Å². The fourth-order valence-electron chi connectivity index (χ4n) is 2.77. The quantitative estimate of drug-likeness (QED) is 0.459. The topological polar surface area (TPSA) is 84.7 Å². The molecule has 0 aliphatic heterocycles. The van der Waals surface area contributed by atoms with E-state index in [9.17, 15) is 4.79 Å². The number of hydrogen-bond donors (Lipinski definition) is 2. The number of thioether (sulfide) groups is 1. The van der Waals surface area contributed by atoms with Crippen LogP contribution in [-0.4, -0.2) is 45.0 Å². The van der Waals surface area contributed by atoms with Crippen LogP contribution < -0.4 is 10.6 Å². The van der Waals surface area contributed by atoms with Crippen LogP contribution in [0.3, 0.4) is 0 Å². The van der Waals surface area contributed by atoms with Crippen LogP contribution in [0.15, 0.2) is 35.6 Å². The SMILES string of the molecule is CCCNc1nc(SC)nc2c1cnn2CCNC(=O)c1ccccc1C. The molecule has 0 atom stereocenters. The Bertz CT molecular complexity index is 939. The molecule has 0 aliphatic rings. The zero-order valence-electron chi connectivity index (χ0n) is 15.8. The van der Waals surface area contributed by atoms with Crippen molar-refractivity contribution in [1.82, 2.24) is 25.1 Å². The highest BCUT2D eigenvalue weighted by Crippen LogP contribution is 2.23. The average Bonchev–Trinajstić information content (AvgIpc) is 3.09. The van der Waals surface area contributed by atoms with Gasteiger partial charge in [-0.25, -0.2) is 14.6 Å². The largest absolute Gasteiger partial charge is 0.369 e. The molecule has 0 spiro atoms. The fourth-order valence-corrected chi connectivity index (χ4v) is 3.13. The average molecular weight is 385 g/mol. The first-order valence-electron chi connectivity index (χ1n) is 8.99. The first-order valence-corrected chi connectivity index (χ1v) is 10.2. The van der Waals surface area contributed by atoms with Crippen LogP contribution >= 0.6 is 11.8 Å². The number of nitrogens with one attached hydrogen (secondary N) is 2. The van der Waals surface area contributed by atoms with Crippen molar-refractivity contribution in [2.24, 2.45) is 0 Å². The Morgan fingerprint density at radius 2 is 2.04 bits per heavy atom. The Labute approximate surface area is 163 Å². The lowest BCUT2D eigenvalue weighted by Gasteiger charge is -2.09. The minimum atomic E-state index is -0.0747. The van der Waals surface area contributed by atoms with Crippen LogP contribution in [0.25, 0.3) is 11.0 Å². The Morgan fingerprint density at radius 3 is 2.78 bits per heavy atom. The van der Waals surface area contributed by atoms with Crippen LogP contribution in [-0.2, 0) is 6.54 Å². The summed E-state index contributed by atoms with van der Waals surface area (Å²) in [4.78, 5) is 21.5. The zero-order valence-corrected chi connectivity index (χ0v) is 16.6. The number of aromatic nitrogens is 4. The van der Waals surface area contributed by atoms with Crippen molar-refractivity contribution >= 4 is 34.5 Å². The zero-order chi connectivity index (χ0) is 19.2. The summed E-state index contributed by atoms with van der Waals surface area (Å²) in [5.41, 5.74) is 2.43. The molecule has 2 aromatic heterocycles. The first kappa shape index (κ1) is 19.2. The summed E-state index contributed by atoms with van der Waals surface area (Å²) in [7, 11) is 0. The highest BCUT2D eigenvalue weighted by atomic mass is 32.2. The van der Waals surface area contributed by atoms with Crippen LogP contribution in [0, 0.1) is 6.92 Å². The molecule has 8 heteroatoms. The van der Waals surface area contributed by atoms with Gasteiger partial charge in [-0.2, -0.15) is 5.10 Å². The van der Waals surface area contributed by atoms with Gasteiger partial charge in [-0.3, -0.25) is 4.79 Å². The molecular weight excluding hydrogens is 360 g/mol. The van der Waals surface area contributed by atoms with Gasteiger partial charge in [0.05, 0.1) is 18.1 Å². The second-order valence-electron chi connectivity index (χ2n) is 6.16. The van der Waals surface area contributed by atoms with Crippen molar-refractivity contribution < 1.29 is 4.79 Å². The molecule has 0 bridgehead atoms. The number of anilines is 1. The highest BCUT2D eigenvalue weighted by Gasteiger charge is 2.13. The van der Waals surface area contributed by atoms with Gasteiger partial charge in [0.2, 0.25) is 0 Å². The van der Waals surface area contributed by atoms with Crippen molar-refractivity contribution in [2.45, 2.75) is 32.0 Å². The molecule has 142 valence electrons. The molecule has 1 amide bonds. The third-order valence-electron chi connectivity index (χ3n) is 4.20. The lowest BCUT2D eigenvalue weighted by molar-refractivity contribution is 0.0951. The van der Waals surface area contributed by atoms with Crippen LogP contribution in [0.1, 0.15) is 29.3 Å². The molecule has 27 heavy (non-hydrogen) atoms. The van der Waals surface area contributed by atoms with Gasteiger partial charge in [0.1, 0.15) is 5.82 Å². The third kappa shape index (κ3) is 4.39. The fraction of sp³-hybridized carbons (Fsp3) is 0.368. The van der Waals surface area contributed by atoms with E-state index >= 15 is 0 Å². The van der Waals surface area contributed by atoms with Crippen molar-refractivity contribution in [1.29, 1.82) is 0 Å². The molecule has 3 aromatic rings. The number of rotatable bonds is 8. The third-order valence-corrected chi connectivity index (χ3v) is 4.75. The maximum atomic E-state index is 12.4. The first-order chi connectivity index (χ1) is 13.1. The summed E-state index contributed by atoms with van der Waals surface area (Å²) < 4.78 is 1.81. The van der Waals surface area contributed by atoms with E-state index < -0.39 is 0 Å². The number of fused-ring (bicyclic) bond motifs is 1. The number of amides is 1. The number of carbonyl (C=O) groups is 1. The van der Waals surface area contributed by atoms with E-state index in [2.05, 4.69) is 32.6 Å². The van der Waals surface area contributed by atoms with E-state index in [1.165, 1.54) is 11.8 Å². The smallest absolute Gasteiger partial charge is 0.251 e. The number of aryl methyl sites for hydroxylation is 1.